The molecule has 5 nitrogen and oxygen atoms in total. The van der Waals surface area contributed by atoms with E-state index in [0.29, 0.717) is 22.7 Å². The van der Waals surface area contributed by atoms with Crippen LogP contribution in [0.5, 0.6) is 5.75 Å². The average Bonchev–Trinajstić information content (AvgIpc) is 2.97. The maximum Gasteiger partial charge on any atom is 0.282 e. The Bertz CT molecular complexity index is 1190. The molecule has 150 valence electrons. The van der Waals surface area contributed by atoms with Gasteiger partial charge in [0.15, 0.2) is 0 Å². The monoisotopic (exact) mass is 402 g/mol. The Kier molecular flexibility index (Phi) is 5.06. The molecule has 0 atom stereocenters. The van der Waals surface area contributed by atoms with E-state index in [2.05, 4.69) is 5.32 Å². The molecule has 2 amide bonds. The van der Waals surface area contributed by atoms with Gasteiger partial charge in [0.25, 0.3) is 11.8 Å². The Labute approximate surface area is 173 Å². The number of halogens is 1. The van der Waals surface area contributed by atoms with Crippen LogP contribution in [0.1, 0.15) is 11.1 Å². The summed E-state index contributed by atoms with van der Waals surface area (Å²) in [5, 5.41) is 2.95. The van der Waals surface area contributed by atoms with Gasteiger partial charge >= 0.3 is 0 Å². The van der Waals surface area contributed by atoms with Crippen molar-refractivity contribution in [3.05, 3.63) is 95.4 Å². The van der Waals surface area contributed by atoms with Crippen LogP contribution in [-0.4, -0.2) is 18.9 Å². The third kappa shape index (κ3) is 3.43. The van der Waals surface area contributed by atoms with Crippen LogP contribution in [0, 0.1) is 12.7 Å². The molecule has 3 aromatic carbocycles. The number of carbonyl (C=O) groups is 2. The minimum atomic E-state index is -0.518. The molecule has 3 aromatic rings. The molecule has 0 spiro atoms. The van der Waals surface area contributed by atoms with Gasteiger partial charge in [0.2, 0.25) is 0 Å². The van der Waals surface area contributed by atoms with Gasteiger partial charge in [0, 0.05) is 11.3 Å². The lowest BCUT2D eigenvalue weighted by Gasteiger charge is -2.16. The second-order valence-corrected chi connectivity index (χ2v) is 6.87. The van der Waals surface area contributed by atoms with Gasteiger partial charge in [-0.25, -0.2) is 9.29 Å². The first-order valence-corrected chi connectivity index (χ1v) is 9.35. The van der Waals surface area contributed by atoms with Crippen LogP contribution in [0.4, 0.5) is 15.8 Å². The van der Waals surface area contributed by atoms with Gasteiger partial charge in [0.05, 0.1) is 18.4 Å². The fraction of sp³-hybridized carbons (Fsp3) is 0.0833. The molecule has 0 bridgehead atoms. The molecule has 0 fully saturated rings. The highest BCUT2D eigenvalue weighted by molar-refractivity contribution is 6.46. The zero-order valence-corrected chi connectivity index (χ0v) is 16.5. The first-order valence-electron chi connectivity index (χ1n) is 9.35. The second-order valence-electron chi connectivity index (χ2n) is 6.87. The van der Waals surface area contributed by atoms with E-state index in [4.69, 9.17) is 4.74 Å². The van der Waals surface area contributed by atoms with Gasteiger partial charge in [-0.05, 0) is 48.9 Å². The quantitative estimate of drug-likeness (QED) is 0.637. The molecular weight excluding hydrogens is 383 g/mol. The highest BCUT2D eigenvalue weighted by Crippen LogP contribution is 2.37. The average molecular weight is 402 g/mol. The van der Waals surface area contributed by atoms with Crippen LogP contribution in [0.15, 0.2) is 78.5 Å². The minimum absolute atomic E-state index is 0.0663. The Morgan fingerprint density at radius 1 is 0.900 bits per heavy atom. The molecule has 0 saturated heterocycles. The van der Waals surface area contributed by atoms with Crippen LogP contribution < -0.4 is 15.0 Å². The fourth-order valence-corrected chi connectivity index (χ4v) is 3.46. The maximum atomic E-state index is 13.7. The lowest BCUT2D eigenvalue weighted by atomic mass is 10.0. The maximum absolute atomic E-state index is 13.7. The number of anilines is 2. The molecule has 30 heavy (non-hydrogen) atoms. The number of amides is 2. The van der Waals surface area contributed by atoms with Crippen molar-refractivity contribution in [3.63, 3.8) is 0 Å². The predicted molar refractivity (Wildman–Crippen MR) is 114 cm³/mol. The summed E-state index contributed by atoms with van der Waals surface area (Å²) in [4.78, 5) is 27.9. The number of nitrogens with zero attached hydrogens (tertiary/aromatic N) is 1. The zero-order valence-electron chi connectivity index (χ0n) is 16.5. The zero-order chi connectivity index (χ0) is 21.3. The number of aryl methyl sites for hydroxylation is 1. The molecule has 4 rings (SSSR count). The highest BCUT2D eigenvalue weighted by Gasteiger charge is 2.41. The second kappa shape index (κ2) is 7.83. The van der Waals surface area contributed by atoms with E-state index in [-0.39, 0.29) is 11.3 Å². The Morgan fingerprint density at radius 3 is 2.40 bits per heavy atom. The number of ether oxygens (including phenoxy) is 1. The van der Waals surface area contributed by atoms with Crippen molar-refractivity contribution in [2.24, 2.45) is 0 Å². The van der Waals surface area contributed by atoms with Crippen LogP contribution in [0.25, 0.3) is 5.57 Å². The molecule has 1 N–H and O–H groups in total. The number of carbonyl (C=O) groups excluding carboxylic acids is 2. The number of methoxy groups -OCH3 is 1. The van der Waals surface area contributed by atoms with Gasteiger partial charge in [-0.3, -0.25) is 9.59 Å². The van der Waals surface area contributed by atoms with Gasteiger partial charge < -0.3 is 10.1 Å². The Balaban J connectivity index is 1.87. The van der Waals surface area contributed by atoms with Gasteiger partial charge in [0.1, 0.15) is 17.3 Å². The van der Waals surface area contributed by atoms with E-state index in [9.17, 15) is 14.0 Å². The van der Waals surface area contributed by atoms with Crippen molar-refractivity contribution in [2.45, 2.75) is 6.92 Å². The largest absolute Gasteiger partial charge is 0.496 e. The van der Waals surface area contributed by atoms with Gasteiger partial charge in [-0.1, -0.05) is 36.4 Å². The summed E-state index contributed by atoms with van der Waals surface area (Å²) in [6.07, 6.45) is 0. The Morgan fingerprint density at radius 2 is 1.67 bits per heavy atom. The van der Waals surface area contributed by atoms with E-state index < -0.39 is 17.6 Å². The number of hydrogen-bond acceptors (Lipinski definition) is 4. The number of hydrogen-bond donors (Lipinski definition) is 1. The van der Waals surface area contributed by atoms with Crippen LogP contribution >= 0.6 is 0 Å². The summed E-state index contributed by atoms with van der Waals surface area (Å²) in [6.45, 7) is 1.88. The molecule has 1 heterocycles. The third-order valence-corrected chi connectivity index (χ3v) is 4.81. The van der Waals surface area contributed by atoms with Crippen molar-refractivity contribution in [1.29, 1.82) is 0 Å². The number of rotatable bonds is 5. The van der Waals surface area contributed by atoms with Gasteiger partial charge in [-0.2, -0.15) is 0 Å². The number of para-hydroxylation sites is 1. The summed E-state index contributed by atoms with van der Waals surface area (Å²) in [6, 6.07) is 19.8. The van der Waals surface area contributed by atoms with Crippen LogP contribution in [0.3, 0.4) is 0 Å². The fourth-order valence-electron chi connectivity index (χ4n) is 3.46. The number of nitrogens with one attached hydrogen (secondary N) is 1. The van der Waals surface area contributed by atoms with E-state index in [0.717, 1.165) is 10.5 Å². The van der Waals surface area contributed by atoms with Crippen molar-refractivity contribution in [3.8, 4) is 5.75 Å². The number of imide groups is 1. The molecule has 1 aliphatic heterocycles. The van der Waals surface area contributed by atoms with Crippen molar-refractivity contribution in [1.82, 2.24) is 0 Å². The first-order chi connectivity index (χ1) is 14.5. The van der Waals surface area contributed by atoms with Gasteiger partial charge in [-0.15, -0.1) is 0 Å². The Hall–Kier alpha value is -3.93. The van der Waals surface area contributed by atoms with Crippen molar-refractivity contribution in [2.75, 3.05) is 17.3 Å². The normalized spacial score (nSPS) is 13.8. The molecule has 6 heteroatoms. The highest BCUT2D eigenvalue weighted by atomic mass is 19.1. The predicted octanol–water partition coefficient (Wildman–Crippen LogP) is 4.54. The summed E-state index contributed by atoms with van der Waals surface area (Å²) in [5.41, 5.74) is 2.46. The summed E-state index contributed by atoms with van der Waals surface area (Å²) in [7, 11) is 1.50. The smallest absolute Gasteiger partial charge is 0.282 e. The minimum Gasteiger partial charge on any atom is -0.496 e. The third-order valence-electron chi connectivity index (χ3n) is 4.81. The number of benzene rings is 3. The van der Waals surface area contributed by atoms with E-state index in [1.165, 1.54) is 25.3 Å². The molecule has 0 aromatic heterocycles. The molecule has 0 unspecified atom stereocenters. The summed E-state index contributed by atoms with van der Waals surface area (Å²) < 4.78 is 19.1. The summed E-state index contributed by atoms with van der Waals surface area (Å²) >= 11 is 0. The van der Waals surface area contributed by atoms with Crippen LogP contribution in [0.2, 0.25) is 0 Å². The molecule has 0 saturated carbocycles. The lowest BCUT2D eigenvalue weighted by Crippen LogP contribution is -2.32. The van der Waals surface area contributed by atoms with E-state index in [1.54, 1.807) is 48.5 Å². The SMILES string of the molecule is COc1ccccc1C1=C(Nc2cccc(F)c2)C(=O)N(c2cccc(C)c2)C1=O. The molecule has 1 aliphatic rings. The van der Waals surface area contributed by atoms with E-state index >= 15 is 0 Å². The molecular formula is C24H19FN2O3. The molecule has 0 aliphatic carbocycles. The first kappa shape index (κ1) is 19.4. The van der Waals surface area contributed by atoms with Crippen LogP contribution in [-0.2, 0) is 9.59 Å². The summed E-state index contributed by atoms with van der Waals surface area (Å²) in [5.74, 6) is -0.991. The lowest BCUT2D eigenvalue weighted by molar-refractivity contribution is -0.120. The standard InChI is InChI=1S/C24H19FN2O3/c1-15-7-5-10-18(13-15)27-23(28)21(19-11-3-4-12-20(19)30-2)22(24(27)29)26-17-9-6-8-16(25)14-17/h3-14,26H,1-2H3. The van der Waals surface area contributed by atoms with Crippen molar-refractivity contribution >= 4 is 28.8 Å². The van der Waals surface area contributed by atoms with E-state index in [1.807, 2.05) is 13.0 Å². The van der Waals surface area contributed by atoms with Crippen molar-refractivity contribution < 1.29 is 18.7 Å². The molecule has 0 radical (unpaired) electrons. The topological polar surface area (TPSA) is 58.6 Å².